The zero-order valence-corrected chi connectivity index (χ0v) is 20.9. The molecule has 0 unspecified atom stereocenters. The summed E-state index contributed by atoms with van der Waals surface area (Å²) in [5.74, 6) is 0.452. The molecule has 0 aliphatic heterocycles. The minimum atomic E-state index is -1.04. The van der Waals surface area contributed by atoms with Crippen LogP contribution in [0.2, 0.25) is 0 Å². The fourth-order valence-corrected chi connectivity index (χ4v) is 3.52. The second-order valence-electron chi connectivity index (χ2n) is 10.3. The second-order valence-corrected chi connectivity index (χ2v) is 10.3. The Hall–Kier alpha value is -2.75. The number of rotatable bonds is 8. The average Bonchev–Trinajstić information content (AvgIpc) is 2.71. The predicted octanol–water partition coefficient (Wildman–Crippen LogP) is 7.23. The topological polar surface area (TPSA) is 55.8 Å². The van der Waals surface area contributed by atoms with Crippen molar-refractivity contribution >= 4 is 11.5 Å². The third-order valence-electron chi connectivity index (χ3n) is 5.60. The maximum atomic E-state index is 11.6. The molecule has 0 heterocycles. The summed E-state index contributed by atoms with van der Waals surface area (Å²) < 4.78 is 12.1. The van der Waals surface area contributed by atoms with Crippen LogP contribution in [0.15, 0.2) is 36.9 Å². The number of carboxylic acid groups (broad SMARTS) is 1. The highest BCUT2D eigenvalue weighted by Gasteiger charge is 2.28. The van der Waals surface area contributed by atoms with E-state index in [0.29, 0.717) is 17.9 Å². The van der Waals surface area contributed by atoms with Crippen molar-refractivity contribution in [2.45, 2.75) is 72.1 Å². The molecule has 0 bridgehead atoms. The number of unbranched alkanes of at least 4 members (excludes halogenated alkanes) is 1. The Morgan fingerprint density at radius 1 is 1.00 bits per heavy atom. The smallest absolute Gasteiger partial charge is 0.335 e. The molecule has 1 N–H and O–H groups in total. The molecule has 2 aromatic rings. The lowest BCUT2D eigenvalue weighted by Gasteiger charge is -2.30. The monoisotopic (exact) mass is 438 g/mol. The van der Waals surface area contributed by atoms with Gasteiger partial charge in [0.25, 0.3) is 0 Å². The number of benzene rings is 2. The van der Waals surface area contributed by atoms with Gasteiger partial charge in [0.2, 0.25) is 0 Å². The minimum Gasteiger partial charge on any atom is -0.496 e. The van der Waals surface area contributed by atoms with Crippen molar-refractivity contribution < 1.29 is 19.4 Å². The van der Waals surface area contributed by atoms with E-state index in [1.54, 1.807) is 19.2 Å². The molecule has 0 aromatic heterocycles. The van der Waals surface area contributed by atoms with Gasteiger partial charge in [-0.15, -0.1) is 0 Å². The molecule has 0 atom stereocenters. The zero-order chi connectivity index (χ0) is 24.3. The largest absolute Gasteiger partial charge is 0.496 e. The fourth-order valence-electron chi connectivity index (χ4n) is 3.52. The first kappa shape index (κ1) is 25.5. The van der Waals surface area contributed by atoms with Gasteiger partial charge in [-0.05, 0) is 46.6 Å². The number of hydrogen-bond donors (Lipinski definition) is 1. The first-order chi connectivity index (χ1) is 14.8. The number of carboxylic acids is 1. The molecule has 0 amide bonds. The molecule has 0 spiro atoms. The molecular weight excluding hydrogens is 400 g/mol. The van der Waals surface area contributed by atoms with Gasteiger partial charge in [0.15, 0.2) is 0 Å². The quantitative estimate of drug-likeness (QED) is 0.349. The molecule has 0 fully saturated rings. The van der Waals surface area contributed by atoms with Crippen molar-refractivity contribution in [1.82, 2.24) is 0 Å². The van der Waals surface area contributed by atoms with Gasteiger partial charge in [0.1, 0.15) is 11.5 Å². The lowest BCUT2D eigenvalue weighted by molar-refractivity contribution is -0.130. The van der Waals surface area contributed by atoms with Gasteiger partial charge in [-0.3, -0.25) is 0 Å². The molecular formula is C28H38O4. The number of ether oxygens (including phenoxy) is 2. The normalized spacial score (nSPS) is 11.9. The number of hydrogen-bond acceptors (Lipinski definition) is 3. The zero-order valence-electron chi connectivity index (χ0n) is 20.9. The van der Waals surface area contributed by atoms with Gasteiger partial charge >= 0.3 is 5.97 Å². The fraction of sp³-hybridized carbons (Fsp3) is 0.464. The summed E-state index contributed by atoms with van der Waals surface area (Å²) in [6.45, 7) is 19.6. The van der Waals surface area contributed by atoms with Crippen molar-refractivity contribution in [3.8, 4) is 22.6 Å². The van der Waals surface area contributed by atoms with Crippen molar-refractivity contribution in [2.75, 3.05) is 13.7 Å². The van der Waals surface area contributed by atoms with Gasteiger partial charge in [-0.1, -0.05) is 73.6 Å². The molecule has 2 rings (SSSR count). The van der Waals surface area contributed by atoms with Crippen LogP contribution >= 0.6 is 0 Å². The summed E-state index contributed by atoms with van der Waals surface area (Å²) in [5, 5.41) is 9.47. The van der Waals surface area contributed by atoms with Crippen LogP contribution in [0.5, 0.6) is 11.5 Å². The minimum absolute atomic E-state index is 0.0466. The van der Waals surface area contributed by atoms with Crippen molar-refractivity contribution in [3.05, 3.63) is 53.6 Å². The van der Waals surface area contributed by atoms with Crippen LogP contribution in [0.4, 0.5) is 0 Å². The Morgan fingerprint density at radius 2 is 1.66 bits per heavy atom. The molecule has 32 heavy (non-hydrogen) atoms. The Balaban J connectivity index is 2.92. The lowest BCUT2D eigenvalue weighted by atomic mass is 9.78. The highest BCUT2D eigenvalue weighted by Crippen LogP contribution is 2.46. The Bertz CT molecular complexity index is 988. The van der Waals surface area contributed by atoms with Crippen LogP contribution in [-0.2, 0) is 15.6 Å². The third kappa shape index (κ3) is 5.73. The molecule has 4 nitrogen and oxygen atoms in total. The molecule has 0 aliphatic rings. The van der Waals surface area contributed by atoms with Gasteiger partial charge in [0.05, 0.1) is 19.3 Å². The van der Waals surface area contributed by atoms with Gasteiger partial charge in [-0.25, -0.2) is 4.79 Å². The molecule has 4 heteroatoms. The van der Waals surface area contributed by atoms with Crippen LogP contribution < -0.4 is 9.47 Å². The van der Waals surface area contributed by atoms with Crippen LogP contribution in [0, 0.1) is 0 Å². The molecule has 174 valence electrons. The van der Waals surface area contributed by atoms with E-state index < -0.39 is 5.97 Å². The first-order valence-corrected chi connectivity index (χ1v) is 11.2. The lowest BCUT2D eigenvalue weighted by Crippen LogP contribution is -2.19. The highest BCUT2D eigenvalue weighted by atomic mass is 16.5. The van der Waals surface area contributed by atoms with Crippen LogP contribution in [0.25, 0.3) is 16.7 Å². The summed E-state index contributed by atoms with van der Waals surface area (Å²) in [4.78, 5) is 11.6. The number of methoxy groups -OCH3 is 1. The maximum absolute atomic E-state index is 11.6. The molecule has 0 radical (unpaired) electrons. The van der Waals surface area contributed by atoms with Crippen LogP contribution in [0.3, 0.4) is 0 Å². The third-order valence-corrected chi connectivity index (χ3v) is 5.60. The maximum Gasteiger partial charge on any atom is 0.335 e. The predicted molar refractivity (Wildman–Crippen MR) is 133 cm³/mol. The standard InChI is InChI=1S/C28H38O4/c1-10-11-14-32-25-22(16-20(27(3,4)5)17-23(25)28(6,7)8)21-15-19(18(2)26(29)30)12-13-24(21)31-9/h12-13,15-17H,2,10-11,14H2,1,3-9H3,(H,29,30). The molecule has 0 saturated carbocycles. The van der Waals surface area contributed by atoms with E-state index in [2.05, 4.69) is 67.2 Å². The van der Waals surface area contributed by atoms with E-state index >= 15 is 0 Å². The van der Waals surface area contributed by atoms with E-state index in [-0.39, 0.29) is 16.4 Å². The Morgan fingerprint density at radius 3 is 2.16 bits per heavy atom. The van der Waals surface area contributed by atoms with Gasteiger partial charge in [0, 0.05) is 16.7 Å². The van der Waals surface area contributed by atoms with E-state index in [0.717, 1.165) is 35.3 Å². The summed E-state index contributed by atoms with van der Waals surface area (Å²) >= 11 is 0. The number of carbonyl (C=O) groups is 1. The Labute approximate surface area is 193 Å². The molecule has 0 saturated heterocycles. The summed E-state index contributed by atoms with van der Waals surface area (Å²) in [6.07, 6.45) is 1.99. The summed E-state index contributed by atoms with van der Waals surface area (Å²) in [5.41, 5.74) is 4.40. The Kier molecular flexibility index (Phi) is 7.82. The highest BCUT2D eigenvalue weighted by molar-refractivity contribution is 6.14. The van der Waals surface area contributed by atoms with Crippen LogP contribution in [0.1, 0.15) is 78.0 Å². The average molecular weight is 439 g/mol. The van der Waals surface area contributed by atoms with E-state index in [1.165, 1.54) is 5.56 Å². The van der Waals surface area contributed by atoms with E-state index in [1.807, 2.05) is 6.07 Å². The summed E-state index contributed by atoms with van der Waals surface area (Å²) in [6, 6.07) is 9.78. The van der Waals surface area contributed by atoms with E-state index in [4.69, 9.17) is 9.47 Å². The summed E-state index contributed by atoms with van der Waals surface area (Å²) in [7, 11) is 1.63. The van der Waals surface area contributed by atoms with Crippen molar-refractivity contribution in [1.29, 1.82) is 0 Å². The van der Waals surface area contributed by atoms with Gasteiger partial charge in [-0.2, -0.15) is 0 Å². The SMILES string of the molecule is C=C(C(=O)O)c1ccc(OC)c(-c2cc(C(C)(C)C)cc(C(C)(C)C)c2OCCCC)c1. The van der Waals surface area contributed by atoms with Crippen molar-refractivity contribution in [3.63, 3.8) is 0 Å². The molecule has 2 aromatic carbocycles. The van der Waals surface area contributed by atoms with E-state index in [9.17, 15) is 9.90 Å². The second kappa shape index (κ2) is 9.81. The number of aliphatic carboxylic acids is 1. The van der Waals surface area contributed by atoms with Crippen LogP contribution in [-0.4, -0.2) is 24.8 Å². The van der Waals surface area contributed by atoms with Gasteiger partial charge < -0.3 is 14.6 Å². The van der Waals surface area contributed by atoms with Crippen molar-refractivity contribution in [2.24, 2.45) is 0 Å². The first-order valence-electron chi connectivity index (χ1n) is 11.2. The molecule has 0 aliphatic carbocycles.